The van der Waals surface area contributed by atoms with Gasteiger partial charge in [-0.1, -0.05) is 22.5 Å². The molecule has 2 aromatic rings. The van der Waals surface area contributed by atoms with E-state index in [2.05, 4.69) is 50.4 Å². The molecule has 2 amide bonds. The Bertz CT molecular complexity index is 950. The van der Waals surface area contributed by atoms with E-state index < -0.39 is 5.97 Å². The Hall–Kier alpha value is -1.88. The molecule has 142 valence electrons. The second-order valence-corrected chi connectivity index (χ2v) is 8.11. The highest BCUT2D eigenvalue weighted by atomic mass is 127. The van der Waals surface area contributed by atoms with E-state index in [0.29, 0.717) is 18.8 Å². The lowest BCUT2D eigenvalue weighted by Gasteiger charge is -2.38. The minimum absolute atomic E-state index is 0.0164. The first kappa shape index (κ1) is 19.9. The van der Waals surface area contributed by atoms with Crippen LogP contribution in [0, 0.1) is 3.57 Å². The maximum absolute atomic E-state index is 12.5. The molecule has 0 bridgehead atoms. The molecule has 1 fully saturated rings. The summed E-state index contributed by atoms with van der Waals surface area (Å²) in [5.41, 5.74) is 1.12. The van der Waals surface area contributed by atoms with Gasteiger partial charge in [0.2, 0.25) is 11.8 Å². The van der Waals surface area contributed by atoms with Crippen molar-refractivity contribution >= 4 is 67.2 Å². The summed E-state index contributed by atoms with van der Waals surface area (Å²) in [5, 5.41) is 3.76. The number of methoxy groups -OCH3 is 1. The number of carbonyl (C=O) groups is 3. The van der Waals surface area contributed by atoms with E-state index in [0.717, 1.165) is 18.9 Å². The molecule has 0 atom stereocenters. The number of rotatable bonds is 5. The van der Waals surface area contributed by atoms with Crippen molar-refractivity contribution in [1.29, 1.82) is 0 Å². The van der Waals surface area contributed by atoms with Gasteiger partial charge in [-0.15, -0.1) is 0 Å². The van der Waals surface area contributed by atoms with Crippen molar-refractivity contribution in [2.75, 3.05) is 20.2 Å². The molecule has 1 aromatic heterocycles. The summed E-state index contributed by atoms with van der Waals surface area (Å²) in [5.74, 6) is -0.872. The highest BCUT2D eigenvalue weighted by molar-refractivity contribution is 14.1. The number of esters is 1. The first-order valence-electron chi connectivity index (χ1n) is 8.12. The topological polar surface area (TPSA) is 80.6 Å². The molecule has 0 radical (unpaired) electrons. The lowest BCUT2D eigenvalue weighted by molar-refractivity contribution is -0.133. The second kappa shape index (κ2) is 8.01. The van der Waals surface area contributed by atoms with Crippen LogP contribution in [0.15, 0.2) is 35.3 Å². The van der Waals surface area contributed by atoms with Crippen LogP contribution >= 0.6 is 38.5 Å². The van der Waals surface area contributed by atoms with Gasteiger partial charge in [-0.25, -0.2) is 4.79 Å². The van der Waals surface area contributed by atoms with Crippen LogP contribution in [0.4, 0.5) is 0 Å². The van der Waals surface area contributed by atoms with Gasteiger partial charge in [-0.2, -0.15) is 0 Å². The maximum atomic E-state index is 12.5. The van der Waals surface area contributed by atoms with Crippen molar-refractivity contribution in [2.24, 2.45) is 0 Å². The number of fused-ring (bicyclic) bond motifs is 1. The molecule has 1 aliphatic heterocycles. The number of hydrogen-bond acceptors (Lipinski definition) is 4. The number of carbonyl (C=O) groups excluding carboxylic acids is 3. The lowest BCUT2D eigenvalue weighted by atomic mass is 10.1. The van der Waals surface area contributed by atoms with Crippen LogP contribution in [0.5, 0.6) is 0 Å². The summed E-state index contributed by atoms with van der Waals surface area (Å²) in [7, 11) is 1.32. The molecule has 7 nitrogen and oxygen atoms in total. The SMILES string of the molecule is C=CC(=O)N1CC(NC(=O)Cn2c(C(=O)OC)c(I)c3cc(Br)ccc32)C1. The van der Waals surface area contributed by atoms with Crippen LogP contribution < -0.4 is 5.32 Å². The average Bonchev–Trinajstić information content (AvgIpc) is 2.88. The predicted octanol–water partition coefficient (Wildman–Crippen LogP) is 2.31. The Morgan fingerprint density at radius 1 is 1.41 bits per heavy atom. The zero-order valence-corrected chi connectivity index (χ0v) is 18.2. The van der Waals surface area contributed by atoms with E-state index in [9.17, 15) is 14.4 Å². The number of benzene rings is 1. The van der Waals surface area contributed by atoms with Gasteiger partial charge in [0.15, 0.2) is 0 Å². The molecule has 3 rings (SSSR count). The third-order valence-corrected chi connectivity index (χ3v) is 5.96. The Balaban J connectivity index is 1.82. The van der Waals surface area contributed by atoms with Crippen molar-refractivity contribution < 1.29 is 19.1 Å². The molecular weight excluding hydrogens is 529 g/mol. The normalized spacial score (nSPS) is 14.0. The number of amides is 2. The van der Waals surface area contributed by atoms with E-state index in [1.54, 1.807) is 9.47 Å². The highest BCUT2D eigenvalue weighted by Crippen LogP contribution is 2.30. The number of aromatic nitrogens is 1. The van der Waals surface area contributed by atoms with Crippen molar-refractivity contribution in [3.05, 3.63) is 44.6 Å². The van der Waals surface area contributed by atoms with Crippen LogP contribution in [0.25, 0.3) is 10.9 Å². The minimum atomic E-state index is -0.495. The monoisotopic (exact) mass is 545 g/mol. The molecule has 1 aromatic carbocycles. The fraction of sp³-hybridized carbons (Fsp3) is 0.278. The van der Waals surface area contributed by atoms with Crippen LogP contribution in [0.1, 0.15) is 10.5 Å². The fourth-order valence-electron chi connectivity index (χ4n) is 3.04. The van der Waals surface area contributed by atoms with Crippen molar-refractivity contribution in [3.8, 4) is 0 Å². The van der Waals surface area contributed by atoms with Crippen LogP contribution in [0.2, 0.25) is 0 Å². The number of nitrogens with one attached hydrogen (secondary N) is 1. The predicted molar refractivity (Wildman–Crippen MR) is 112 cm³/mol. The summed E-state index contributed by atoms with van der Waals surface area (Å²) in [4.78, 5) is 37.9. The van der Waals surface area contributed by atoms with Gasteiger partial charge in [-0.05, 0) is 46.9 Å². The Morgan fingerprint density at radius 2 is 2.11 bits per heavy atom. The fourth-order valence-corrected chi connectivity index (χ4v) is 4.35. The first-order valence-corrected chi connectivity index (χ1v) is 9.99. The molecule has 0 spiro atoms. The molecule has 1 saturated heterocycles. The van der Waals surface area contributed by atoms with Gasteiger partial charge in [0.25, 0.3) is 0 Å². The summed E-state index contributed by atoms with van der Waals surface area (Å²) in [6, 6.07) is 5.52. The van der Waals surface area contributed by atoms with E-state index >= 15 is 0 Å². The molecule has 27 heavy (non-hydrogen) atoms. The Labute approximate surface area is 178 Å². The van der Waals surface area contributed by atoms with Gasteiger partial charge in [0, 0.05) is 22.9 Å². The zero-order valence-electron chi connectivity index (χ0n) is 14.5. The molecule has 1 aliphatic rings. The van der Waals surface area contributed by atoms with Crippen molar-refractivity contribution in [2.45, 2.75) is 12.6 Å². The smallest absolute Gasteiger partial charge is 0.355 e. The summed E-state index contributed by atoms with van der Waals surface area (Å²) in [6.07, 6.45) is 1.26. The number of likely N-dealkylation sites (tertiary alicyclic amines) is 1. The first-order chi connectivity index (χ1) is 12.8. The maximum Gasteiger partial charge on any atom is 0.355 e. The molecular formula is C18H17BrIN3O4. The summed E-state index contributed by atoms with van der Waals surface area (Å²) in [6.45, 7) is 4.34. The van der Waals surface area contributed by atoms with Crippen molar-refractivity contribution in [3.63, 3.8) is 0 Å². The summed E-state index contributed by atoms with van der Waals surface area (Å²) < 4.78 is 8.18. The highest BCUT2D eigenvalue weighted by Gasteiger charge is 2.31. The summed E-state index contributed by atoms with van der Waals surface area (Å²) >= 11 is 5.52. The largest absolute Gasteiger partial charge is 0.464 e. The van der Waals surface area contributed by atoms with Gasteiger partial charge < -0.3 is 19.5 Å². The Kier molecular flexibility index (Phi) is 5.89. The minimum Gasteiger partial charge on any atom is -0.464 e. The molecule has 9 heteroatoms. The number of nitrogens with zero attached hydrogens (tertiary/aromatic N) is 2. The van der Waals surface area contributed by atoms with Gasteiger partial charge >= 0.3 is 5.97 Å². The van der Waals surface area contributed by atoms with Gasteiger partial charge in [0.05, 0.1) is 22.2 Å². The average molecular weight is 546 g/mol. The molecule has 0 unspecified atom stereocenters. The van der Waals surface area contributed by atoms with Crippen LogP contribution in [0.3, 0.4) is 0 Å². The standard InChI is InChI=1S/C18H17BrIN3O4/c1-3-15(25)22-7-11(8-22)21-14(24)9-23-13-5-4-10(19)6-12(13)16(20)17(23)18(26)27-2/h3-6,11H,1,7-9H2,2H3,(H,21,24). The van der Waals surface area contributed by atoms with E-state index in [-0.39, 0.29) is 24.4 Å². The number of hydrogen-bond donors (Lipinski definition) is 1. The van der Waals surface area contributed by atoms with Gasteiger partial charge in [0.1, 0.15) is 12.2 Å². The molecule has 2 heterocycles. The zero-order chi connectivity index (χ0) is 19.7. The lowest BCUT2D eigenvalue weighted by Crippen LogP contribution is -2.61. The third-order valence-electron chi connectivity index (χ3n) is 4.38. The van der Waals surface area contributed by atoms with Crippen molar-refractivity contribution in [1.82, 2.24) is 14.8 Å². The van der Waals surface area contributed by atoms with E-state index in [4.69, 9.17) is 4.74 Å². The van der Waals surface area contributed by atoms with Gasteiger partial charge in [-0.3, -0.25) is 9.59 Å². The van der Waals surface area contributed by atoms with Crippen LogP contribution in [-0.4, -0.2) is 53.5 Å². The second-order valence-electron chi connectivity index (χ2n) is 6.11. The van der Waals surface area contributed by atoms with Crippen LogP contribution in [-0.2, 0) is 20.9 Å². The van der Waals surface area contributed by atoms with E-state index in [1.165, 1.54) is 13.2 Å². The van der Waals surface area contributed by atoms with E-state index in [1.807, 2.05) is 18.2 Å². The molecule has 1 N–H and O–H groups in total. The molecule has 0 saturated carbocycles. The Morgan fingerprint density at radius 3 is 2.74 bits per heavy atom. The quantitative estimate of drug-likeness (QED) is 0.355. The molecule has 0 aliphatic carbocycles. The number of halogens is 2. The number of ether oxygens (including phenoxy) is 1. The third kappa shape index (κ3) is 3.88.